The number of amides is 2. The maximum absolute atomic E-state index is 11.9. The summed E-state index contributed by atoms with van der Waals surface area (Å²) in [4.78, 5) is 25.4. The predicted octanol–water partition coefficient (Wildman–Crippen LogP) is 2.56. The first-order chi connectivity index (χ1) is 10.8. The minimum atomic E-state index is -0.493. The van der Waals surface area contributed by atoms with Crippen LogP contribution in [0.15, 0.2) is 18.2 Å². The van der Waals surface area contributed by atoms with Crippen molar-refractivity contribution in [2.75, 3.05) is 6.54 Å². The van der Waals surface area contributed by atoms with E-state index < -0.39 is 5.91 Å². The first kappa shape index (κ1) is 17.5. The number of nitrogens with zero attached hydrogens (tertiary/aromatic N) is 1. The second-order valence-electron chi connectivity index (χ2n) is 7.15. The molecule has 5 nitrogen and oxygen atoms in total. The van der Waals surface area contributed by atoms with Gasteiger partial charge in [-0.25, -0.2) is 5.48 Å². The third-order valence-electron chi connectivity index (χ3n) is 4.76. The Labute approximate surface area is 137 Å². The van der Waals surface area contributed by atoms with Crippen molar-refractivity contribution in [2.24, 2.45) is 5.41 Å². The molecule has 2 N–H and O–H groups in total. The van der Waals surface area contributed by atoms with E-state index in [-0.39, 0.29) is 17.4 Å². The Morgan fingerprint density at radius 1 is 1.35 bits per heavy atom. The highest BCUT2D eigenvalue weighted by Crippen LogP contribution is 2.36. The quantitative estimate of drug-likeness (QED) is 0.662. The van der Waals surface area contributed by atoms with Crippen LogP contribution < -0.4 is 5.48 Å². The summed E-state index contributed by atoms with van der Waals surface area (Å²) < 4.78 is 0. The predicted molar refractivity (Wildman–Crippen MR) is 88.3 cm³/mol. The number of aryl methyl sites for hydroxylation is 1. The molecule has 0 aliphatic heterocycles. The van der Waals surface area contributed by atoms with Gasteiger partial charge in [-0.3, -0.25) is 14.8 Å². The van der Waals surface area contributed by atoms with Crippen LogP contribution in [0.4, 0.5) is 0 Å². The Balaban J connectivity index is 2.23. The number of hydrogen-bond donors (Lipinski definition) is 2. The second kappa shape index (κ2) is 6.71. The third kappa shape index (κ3) is 3.91. The SMILES string of the molecule is CC(=O)N(CC1(C)CCc2ccc(C(=O)NO)cc2C1)C(C)C. The number of rotatable bonds is 4. The van der Waals surface area contributed by atoms with Crippen LogP contribution >= 0.6 is 0 Å². The normalized spacial score (nSPS) is 20.1. The number of hydrogen-bond acceptors (Lipinski definition) is 3. The molecule has 1 unspecified atom stereocenters. The standard InChI is InChI=1S/C18H26N2O3/c1-12(2)20(13(3)21)11-18(4)8-7-14-5-6-15(17(22)19-23)9-16(14)10-18/h5-6,9,12,23H,7-8,10-11H2,1-4H3,(H,19,22). The highest BCUT2D eigenvalue weighted by Gasteiger charge is 2.33. The zero-order chi connectivity index (χ0) is 17.2. The molecular weight excluding hydrogens is 292 g/mol. The van der Waals surface area contributed by atoms with Gasteiger partial charge in [0.05, 0.1) is 0 Å². The van der Waals surface area contributed by atoms with Gasteiger partial charge >= 0.3 is 0 Å². The zero-order valence-corrected chi connectivity index (χ0v) is 14.3. The van der Waals surface area contributed by atoms with Crippen molar-refractivity contribution in [1.82, 2.24) is 10.4 Å². The number of hydroxylamine groups is 1. The maximum atomic E-state index is 11.9. The molecule has 126 valence electrons. The van der Waals surface area contributed by atoms with Crippen molar-refractivity contribution in [3.8, 4) is 0 Å². The van der Waals surface area contributed by atoms with Crippen molar-refractivity contribution in [3.63, 3.8) is 0 Å². The minimum Gasteiger partial charge on any atom is -0.340 e. The smallest absolute Gasteiger partial charge is 0.274 e. The van der Waals surface area contributed by atoms with E-state index in [0.29, 0.717) is 5.56 Å². The number of nitrogens with one attached hydrogen (secondary N) is 1. The molecule has 0 heterocycles. The number of benzene rings is 1. The first-order valence-electron chi connectivity index (χ1n) is 8.09. The van der Waals surface area contributed by atoms with E-state index in [4.69, 9.17) is 5.21 Å². The van der Waals surface area contributed by atoms with Gasteiger partial charge in [-0.2, -0.15) is 0 Å². The summed E-state index contributed by atoms with van der Waals surface area (Å²) in [5.74, 6) is -0.395. The van der Waals surface area contributed by atoms with Crippen molar-refractivity contribution in [2.45, 2.75) is 53.0 Å². The van der Waals surface area contributed by atoms with Crippen LogP contribution in [0.5, 0.6) is 0 Å². The molecule has 1 aromatic rings. The fraction of sp³-hybridized carbons (Fsp3) is 0.556. The summed E-state index contributed by atoms with van der Waals surface area (Å²) in [6, 6.07) is 5.73. The van der Waals surface area contributed by atoms with E-state index >= 15 is 0 Å². The molecule has 23 heavy (non-hydrogen) atoms. The van der Waals surface area contributed by atoms with Crippen LogP contribution in [0.2, 0.25) is 0 Å². The van der Waals surface area contributed by atoms with Gasteiger partial charge in [-0.15, -0.1) is 0 Å². The molecule has 2 rings (SSSR count). The van der Waals surface area contributed by atoms with Gasteiger partial charge in [0.1, 0.15) is 0 Å². The number of carbonyl (C=O) groups is 2. The van der Waals surface area contributed by atoms with Crippen molar-refractivity contribution in [1.29, 1.82) is 0 Å². The molecule has 1 aliphatic rings. The monoisotopic (exact) mass is 318 g/mol. The van der Waals surface area contributed by atoms with Crippen LogP contribution in [-0.2, 0) is 17.6 Å². The van der Waals surface area contributed by atoms with Gasteiger partial charge in [0.15, 0.2) is 0 Å². The zero-order valence-electron chi connectivity index (χ0n) is 14.3. The fourth-order valence-electron chi connectivity index (χ4n) is 3.43. The molecule has 0 radical (unpaired) electrons. The van der Waals surface area contributed by atoms with Crippen LogP contribution in [0.1, 0.15) is 55.6 Å². The third-order valence-corrected chi connectivity index (χ3v) is 4.76. The van der Waals surface area contributed by atoms with Gasteiger partial charge in [0.25, 0.3) is 5.91 Å². The van der Waals surface area contributed by atoms with Crippen molar-refractivity contribution in [3.05, 3.63) is 34.9 Å². The topological polar surface area (TPSA) is 69.6 Å². The van der Waals surface area contributed by atoms with E-state index in [1.165, 1.54) is 5.56 Å². The molecule has 1 aromatic carbocycles. The molecule has 1 aliphatic carbocycles. The summed E-state index contributed by atoms with van der Waals surface area (Å²) in [6.07, 6.45) is 2.78. The lowest BCUT2D eigenvalue weighted by Crippen LogP contribution is -2.45. The summed E-state index contributed by atoms with van der Waals surface area (Å²) in [5, 5.41) is 8.79. The Hall–Kier alpha value is -1.88. The molecule has 0 aromatic heterocycles. The van der Waals surface area contributed by atoms with E-state index in [2.05, 4.69) is 6.92 Å². The van der Waals surface area contributed by atoms with Crippen LogP contribution in [0, 0.1) is 5.41 Å². The highest BCUT2D eigenvalue weighted by atomic mass is 16.5. The number of carbonyl (C=O) groups excluding carboxylic acids is 2. The Kier molecular flexibility index (Phi) is 5.09. The first-order valence-corrected chi connectivity index (χ1v) is 8.09. The average molecular weight is 318 g/mol. The van der Waals surface area contributed by atoms with E-state index in [1.807, 2.05) is 30.9 Å². The average Bonchev–Trinajstić information content (AvgIpc) is 2.50. The molecule has 0 saturated heterocycles. The van der Waals surface area contributed by atoms with E-state index in [9.17, 15) is 9.59 Å². The van der Waals surface area contributed by atoms with Gasteiger partial charge < -0.3 is 4.90 Å². The second-order valence-corrected chi connectivity index (χ2v) is 7.15. The van der Waals surface area contributed by atoms with Gasteiger partial charge in [-0.05, 0) is 61.8 Å². The Morgan fingerprint density at radius 3 is 2.61 bits per heavy atom. The summed E-state index contributed by atoms with van der Waals surface area (Å²) in [7, 11) is 0. The maximum Gasteiger partial charge on any atom is 0.274 e. The molecular formula is C18H26N2O3. The van der Waals surface area contributed by atoms with Crippen LogP contribution in [0.3, 0.4) is 0 Å². The Morgan fingerprint density at radius 2 is 2.04 bits per heavy atom. The van der Waals surface area contributed by atoms with Gasteiger partial charge in [0.2, 0.25) is 5.91 Å². The lowest BCUT2D eigenvalue weighted by Gasteiger charge is -2.40. The Bertz CT molecular complexity index is 612. The minimum absolute atomic E-state index is 0.00272. The largest absolute Gasteiger partial charge is 0.340 e. The lowest BCUT2D eigenvalue weighted by molar-refractivity contribution is -0.132. The van der Waals surface area contributed by atoms with E-state index in [0.717, 1.165) is 31.4 Å². The summed E-state index contributed by atoms with van der Waals surface area (Å²) >= 11 is 0. The molecule has 0 spiro atoms. The molecule has 0 fully saturated rings. The van der Waals surface area contributed by atoms with Crippen molar-refractivity contribution < 1.29 is 14.8 Å². The molecule has 0 saturated carbocycles. The summed E-state index contributed by atoms with van der Waals surface area (Å²) in [5.41, 5.74) is 4.52. The number of fused-ring (bicyclic) bond motifs is 1. The fourth-order valence-corrected chi connectivity index (χ4v) is 3.43. The van der Waals surface area contributed by atoms with Crippen LogP contribution in [-0.4, -0.2) is 34.5 Å². The molecule has 2 amide bonds. The highest BCUT2D eigenvalue weighted by molar-refractivity contribution is 5.93. The van der Waals surface area contributed by atoms with Crippen LogP contribution in [0.25, 0.3) is 0 Å². The van der Waals surface area contributed by atoms with E-state index in [1.54, 1.807) is 18.5 Å². The van der Waals surface area contributed by atoms with Crippen molar-refractivity contribution >= 4 is 11.8 Å². The lowest BCUT2D eigenvalue weighted by atomic mass is 9.72. The summed E-state index contributed by atoms with van der Waals surface area (Å²) in [6.45, 7) is 8.60. The van der Waals surface area contributed by atoms with Gasteiger partial charge in [0, 0.05) is 25.1 Å². The molecule has 1 atom stereocenters. The van der Waals surface area contributed by atoms with Gasteiger partial charge in [-0.1, -0.05) is 13.0 Å². The molecule has 5 heteroatoms. The molecule has 0 bridgehead atoms.